The van der Waals surface area contributed by atoms with Gasteiger partial charge in [0.1, 0.15) is 0 Å². The van der Waals surface area contributed by atoms with Crippen LogP contribution in [0.4, 0.5) is 0 Å². The van der Waals surface area contributed by atoms with Crippen molar-refractivity contribution < 1.29 is 9.59 Å². The fourth-order valence-electron chi connectivity index (χ4n) is 2.56. The predicted octanol–water partition coefficient (Wildman–Crippen LogP) is 3.52. The highest BCUT2D eigenvalue weighted by Crippen LogP contribution is 2.32. The summed E-state index contributed by atoms with van der Waals surface area (Å²) in [5, 5.41) is 2.98. The van der Waals surface area contributed by atoms with E-state index in [-0.39, 0.29) is 30.6 Å². The molecule has 2 rings (SSSR count). The molecule has 1 aromatic rings. The topological polar surface area (TPSA) is 46.2 Å². The van der Waals surface area contributed by atoms with E-state index in [1.54, 1.807) is 0 Å². The molecule has 1 atom stereocenters. The van der Waals surface area contributed by atoms with Crippen molar-refractivity contribution in [1.29, 1.82) is 0 Å². The Kier molecular flexibility index (Phi) is 5.54. The van der Waals surface area contributed by atoms with Crippen LogP contribution in [0.5, 0.6) is 0 Å². The van der Waals surface area contributed by atoms with Crippen molar-refractivity contribution >= 4 is 11.7 Å². The van der Waals surface area contributed by atoms with Gasteiger partial charge in [-0.25, -0.2) is 0 Å². The summed E-state index contributed by atoms with van der Waals surface area (Å²) in [5.41, 5.74) is 1.96. The molecule has 114 valence electrons. The van der Waals surface area contributed by atoms with Crippen molar-refractivity contribution in [1.82, 2.24) is 5.32 Å². The van der Waals surface area contributed by atoms with Crippen molar-refractivity contribution in [2.45, 2.75) is 58.4 Å². The summed E-state index contributed by atoms with van der Waals surface area (Å²) in [6, 6.07) is 8.01. The molecule has 3 nitrogen and oxygen atoms in total. The quantitative estimate of drug-likeness (QED) is 0.744. The van der Waals surface area contributed by atoms with E-state index in [4.69, 9.17) is 0 Å². The molecular weight excluding hydrogens is 262 g/mol. The van der Waals surface area contributed by atoms with E-state index in [0.717, 1.165) is 12.8 Å². The minimum atomic E-state index is -0.00893. The third-order valence-electron chi connectivity index (χ3n) is 4.11. The molecule has 0 spiro atoms. The van der Waals surface area contributed by atoms with E-state index < -0.39 is 0 Å². The van der Waals surface area contributed by atoms with Gasteiger partial charge in [-0.1, -0.05) is 37.6 Å². The van der Waals surface area contributed by atoms with Gasteiger partial charge < -0.3 is 5.32 Å². The Morgan fingerprint density at radius 2 is 1.86 bits per heavy atom. The van der Waals surface area contributed by atoms with Crippen molar-refractivity contribution in [2.24, 2.45) is 5.92 Å². The van der Waals surface area contributed by atoms with Crippen molar-refractivity contribution in [3.8, 4) is 0 Å². The van der Waals surface area contributed by atoms with Gasteiger partial charge in [-0.3, -0.25) is 9.59 Å². The average molecular weight is 287 g/mol. The van der Waals surface area contributed by atoms with Crippen LogP contribution in [0.1, 0.15) is 61.9 Å². The molecule has 1 aliphatic rings. The van der Waals surface area contributed by atoms with Gasteiger partial charge in [-0.15, -0.1) is 0 Å². The summed E-state index contributed by atoms with van der Waals surface area (Å²) >= 11 is 0. The Labute approximate surface area is 127 Å². The minimum absolute atomic E-state index is 0.00893. The van der Waals surface area contributed by atoms with Crippen molar-refractivity contribution in [3.05, 3.63) is 35.4 Å². The Morgan fingerprint density at radius 1 is 1.19 bits per heavy atom. The molecule has 0 radical (unpaired) electrons. The monoisotopic (exact) mass is 287 g/mol. The van der Waals surface area contributed by atoms with Gasteiger partial charge in [0.15, 0.2) is 5.78 Å². The largest absolute Gasteiger partial charge is 0.353 e. The number of rotatable bonds is 8. The zero-order valence-corrected chi connectivity index (χ0v) is 13.0. The van der Waals surface area contributed by atoms with Crippen LogP contribution in [0.15, 0.2) is 24.3 Å². The van der Waals surface area contributed by atoms with Crippen LogP contribution in [-0.4, -0.2) is 17.7 Å². The molecule has 0 heterocycles. The molecule has 1 N–H and O–H groups in total. The first-order chi connectivity index (χ1) is 10.1. The first-order valence-corrected chi connectivity index (χ1v) is 8.01. The number of hydrogen-bond donors (Lipinski definition) is 1. The molecular formula is C18H25NO2. The molecule has 0 aliphatic heterocycles. The van der Waals surface area contributed by atoms with E-state index >= 15 is 0 Å². The van der Waals surface area contributed by atoms with Gasteiger partial charge >= 0.3 is 0 Å². The van der Waals surface area contributed by atoms with E-state index in [9.17, 15) is 9.59 Å². The molecule has 1 saturated carbocycles. The lowest BCUT2D eigenvalue weighted by molar-refractivity contribution is -0.121. The molecule has 1 unspecified atom stereocenters. The molecule has 0 bridgehead atoms. The Hall–Kier alpha value is -1.64. The maximum Gasteiger partial charge on any atom is 0.220 e. The van der Waals surface area contributed by atoms with E-state index in [1.165, 1.54) is 18.4 Å². The van der Waals surface area contributed by atoms with Gasteiger partial charge in [-0.05, 0) is 37.7 Å². The van der Waals surface area contributed by atoms with Crippen LogP contribution < -0.4 is 5.32 Å². The summed E-state index contributed by atoms with van der Waals surface area (Å²) < 4.78 is 0. The summed E-state index contributed by atoms with van der Waals surface area (Å²) in [4.78, 5) is 23.9. The lowest BCUT2D eigenvalue weighted by Gasteiger charge is -2.12. The molecule has 0 saturated heterocycles. The second kappa shape index (κ2) is 7.39. The van der Waals surface area contributed by atoms with Gasteiger partial charge in [0.2, 0.25) is 5.91 Å². The lowest BCUT2D eigenvalue weighted by Crippen LogP contribution is -2.34. The summed E-state index contributed by atoms with van der Waals surface area (Å²) in [6.07, 6.45) is 5.14. The molecule has 1 aromatic carbocycles. The Balaban J connectivity index is 1.76. The van der Waals surface area contributed by atoms with E-state index in [0.29, 0.717) is 11.5 Å². The maximum atomic E-state index is 12.1. The van der Waals surface area contributed by atoms with Gasteiger partial charge in [-0.2, -0.15) is 0 Å². The molecule has 1 aliphatic carbocycles. The molecule has 21 heavy (non-hydrogen) atoms. The van der Waals surface area contributed by atoms with Crippen molar-refractivity contribution in [2.75, 3.05) is 0 Å². The maximum absolute atomic E-state index is 12.1. The summed E-state index contributed by atoms with van der Waals surface area (Å²) in [6.45, 7) is 4.18. The number of Topliss-reactive ketones (excluding diaryl/α,β-unsaturated/α-hetero) is 1. The zero-order valence-electron chi connectivity index (χ0n) is 13.0. The summed E-state index contributed by atoms with van der Waals surface area (Å²) in [5.74, 6) is 0.688. The number of hydrogen-bond acceptors (Lipinski definition) is 2. The van der Waals surface area contributed by atoms with E-state index in [2.05, 4.69) is 12.2 Å². The number of aryl methyl sites for hydroxylation is 1. The van der Waals surface area contributed by atoms with Crippen LogP contribution >= 0.6 is 0 Å². The molecule has 3 heteroatoms. The molecule has 1 fully saturated rings. The number of carbonyl (C=O) groups is 2. The van der Waals surface area contributed by atoms with E-state index in [1.807, 2.05) is 31.2 Å². The molecule has 0 aromatic heterocycles. The minimum Gasteiger partial charge on any atom is -0.353 e. The highest BCUT2D eigenvalue weighted by molar-refractivity contribution is 5.98. The van der Waals surface area contributed by atoms with Gasteiger partial charge in [0, 0.05) is 24.4 Å². The van der Waals surface area contributed by atoms with Crippen LogP contribution in [0.2, 0.25) is 0 Å². The second-order valence-electron chi connectivity index (χ2n) is 6.06. The average Bonchev–Trinajstić information content (AvgIpc) is 3.30. The normalized spacial score (nSPS) is 15.5. The standard InChI is InChI=1S/C18H25NO2/c1-3-4-14-5-7-16(8-6-14)17(20)11-12-18(21)19-13(2)15-9-10-15/h5-8,13,15H,3-4,9-12H2,1-2H3,(H,19,21). The van der Waals surface area contributed by atoms with Gasteiger partial charge in [0.25, 0.3) is 0 Å². The third kappa shape index (κ3) is 5.00. The number of carbonyl (C=O) groups excluding carboxylic acids is 2. The van der Waals surface area contributed by atoms with Gasteiger partial charge in [0.05, 0.1) is 0 Å². The lowest BCUT2D eigenvalue weighted by atomic mass is 10.0. The third-order valence-corrected chi connectivity index (χ3v) is 4.11. The first kappa shape index (κ1) is 15.7. The highest BCUT2D eigenvalue weighted by Gasteiger charge is 2.28. The highest BCUT2D eigenvalue weighted by atomic mass is 16.2. The Bertz CT molecular complexity index is 488. The summed E-state index contributed by atoms with van der Waals surface area (Å²) in [7, 11) is 0. The zero-order chi connectivity index (χ0) is 15.2. The number of ketones is 1. The Morgan fingerprint density at radius 3 is 2.43 bits per heavy atom. The van der Waals surface area contributed by atoms with Crippen LogP contribution in [-0.2, 0) is 11.2 Å². The predicted molar refractivity (Wildman–Crippen MR) is 84.3 cm³/mol. The fourth-order valence-corrected chi connectivity index (χ4v) is 2.56. The number of benzene rings is 1. The molecule has 1 amide bonds. The SMILES string of the molecule is CCCc1ccc(C(=O)CCC(=O)NC(C)C2CC2)cc1. The van der Waals surface area contributed by atoms with Crippen LogP contribution in [0.25, 0.3) is 0 Å². The smallest absolute Gasteiger partial charge is 0.220 e. The second-order valence-corrected chi connectivity index (χ2v) is 6.06. The first-order valence-electron chi connectivity index (χ1n) is 8.01. The van der Waals surface area contributed by atoms with Crippen LogP contribution in [0, 0.1) is 5.92 Å². The van der Waals surface area contributed by atoms with Crippen LogP contribution in [0.3, 0.4) is 0 Å². The number of nitrogens with one attached hydrogen (secondary N) is 1. The fraction of sp³-hybridized carbons (Fsp3) is 0.556. The van der Waals surface area contributed by atoms with Crippen molar-refractivity contribution in [3.63, 3.8) is 0 Å². The number of amides is 1.